The number of fused-ring (bicyclic) bond motifs is 1. The van der Waals surface area contributed by atoms with Gasteiger partial charge in [0.1, 0.15) is 5.75 Å². The summed E-state index contributed by atoms with van der Waals surface area (Å²) in [6.07, 6.45) is 1.16. The molecule has 0 aromatic heterocycles. The molecule has 3 nitrogen and oxygen atoms in total. The van der Waals surface area contributed by atoms with Gasteiger partial charge in [-0.2, -0.15) is 0 Å². The van der Waals surface area contributed by atoms with E-state index in [4.69, 9.17) is 9.47 Å². The first-order valence-electron chi connectivity index (χ1n) is 5.87. The molecular weight excluding hydrogens is 202 g/mol. The minimum absolute atomic E-state index is 0.589. The fourth-order valence-corrected chi connectivity index (χ4v) is 2.20. The van der Waals surface area contributed by atoms with Gasteiger partial charge in [0.2, 0.25) is 0 Å². The lowest BCUT2D eigenvalue weighted by Gasteiger charge is -2.25. The molecule has 1 saturated heterocycles. The van der Waals surface area contributed by atoms with Crippen molar-refractivity contribution in [2.75, 3.05) is 38.3 Å². The molecule has 86 valence electrons. The average molecular weight is 219 g/mol. The van der Waals surface area contributed by atoms with Crippen molar-refractivity contribution in [2.45, 2.75) is 6.42 Å². The number of likely N-dealkylation sites (N-methyl/N-ethyl adjacent to an activating group) is 1. The molecule has 0 amide bonds. The van der Waals surface area contributed by atoms with Gasteiger partial charge >= 0.3 is 0 Å². The molecule has 1 aromatic rings. The molecule has 1 fully saturated rings. The molecular formula is C13H17NO2. The van der Waals surface area contributed by atoms with Gasteiger partial charge in [0.05, 0.1) is 19.8 Å². The van der Waals surface area contributed by atoms with Gasteiger partial charge in [0.25, 0.3) is 0 Å². The lowest BCUT2D eigenvalue weighted by molar-refractivity contribution is -0.0508. The molecule has 0 aliphatic carbocycles. The Labute approximate surface area is 96.0 Å². The van der Waals surface area contributed by atoms with Crippen LogP contribution in [0.5, 0.6) is 5.75 Å². The van der Waals surface area contributed by atoms with Gasteiger partial charge in [-0.05, 0) is 18.1 Å². The normalized spacial score (nSPS) is 19.4. The van der Waals surface area contributed by atoms with E-state index in [2.05, 4.69) is 30.1 Å². The first-order valence-corrected chi connectivity index (χ1v) is 5.87. The van der Waals surface area contributed by atoms with E-state index in [9.17, 15) is 0 Å². The second kappa shape index (κ2) is 3.98. The number of hydrogen-bond donors (Lipinski definition) is 0. The molecule has 2 aliphatic heterocycles. The first-order chi connectivity index (χ1) is 7.83. The molecule has 3 rings (SSSR count). The molecule has 1 aromatic carbocycles. The monoisotopic (exact) mass is 219 g/mol. The zero-order valence-corrected chi connectivity index (χ0v) is 9.61. The van der Waals surface area contributed by atoms with Crippen molar-refractivity contribution in [1.82, 2.24) is 0 Å². The second-order valence-electron chi connectivity index (χ2n) is 4.68. The number of rotatable bonds is 3. The van der Waals surface area contributed by atoms with Crippen LogP contribution in [0.15, 0.2) is 18.2 Å². The highest BCUT2D eigenvalue weighted by atomic mass is 16.5. The van der Waals surface area contributed by atoms with Crippen molar-refractivity contribution in [1.29, 1.82) is 0 Å². The lowest BCUT2D eigenvalue weighted by atomic mass is 10.1. The van der Waals surface area contributed by atoms with Crippen LogP contribution in [0.25, 0.3) is 0 Å². The average Bonchev–Trinajstić information content (AvgIpc) is 2.58. The van der Waals surface area contributed by atoms with E-state index in [-0.39, 0.29) is 0 Å². The predicted molar refractivity (Wildman–Crippen MR) is 63.2 cm³/mol. The summed E-state index contributed by atoms with van der Waals surface area (Å²) in [5, 5.41) is 0. The van der Waals surface area contributed by atoms with Crippen molar-refractivity contribution in [3.63, 3.8) is 0 Å². The van der Waals surface area contributed by atoms with Crippen LogP contribution < -0.4 is 9.64 Å². The predicted octanol–water partition coefficient (Wildman–Crippen LogP) is 1.70. The number of hydrogen-bond acceptors (Lipinski definition) is 3. The zero-order chi connectivity index (χ0) is 11.0. The van der Waals surface area contributed by atoms with E-state index >= 15 is 0 Å². The summed E-state index contributed by atoms with van der Waals surface area (Å²) in [5.74, 6) is 1.57. The standard InChI is InChI=1S/C13H17NO2/c1-14-5-4-11-2-3-12(6-13(11)14)16-9-10-7-15-8-10/h2-3,6,10H,4-5,7-9H2,1H3. The summed E-state index contributed by atoms with van der Waals surface area (Å²) in [7, 11) is 2.13. The van der Waals surface area contributed by atoms with Crippen LogP contribution in [-0.2, 0) is 11.2 Å². The summed E-state index contributed by atoms with van der Waals surface area (Å²) in [5.41, 5.74) is 2.75. The Hall–Kier alpha value is -1.22. The van der Waals surface area contributed by atoms with Crippen molar-refractivity contribution in [3.05, 3.63) is 23.8 Å². The maximum absolute atomic E-state index is 5.78. The number of benzene rings is 1. The second-order valence-corrected chi connectivity index (χ2v) is 4.68. The van der Waals surface area contributed by atoms with Gasteiger partial charge in [0, 0.05) is 31.3 Å². The Bertz CT molecular complexity index is 388. The Kier molecular flexibility index (Phi) is 2.48. The molecule has 2 aliphatic rings. The third-order valence-electron chi connectivity index (χ3n) is 3.38. The number of anilines is 1. The number of nitrogens with zero attached hydrogens (tertiary/aromatic N) is 1. The Morgan fingerprint density at radius 3 is 3.06 bits per heavy atom. The summed E-state index contributed by atoms with van der Waals surface area (Å²) >= 11 is 0. The van der Waals surface area contributed by atoms with Crippen LogP contribution >= 0.6 is 0 Å². The lowest BCUT2D eigenvalue weighted by Crippen LogP contribution is -2.32. The van der Waals surface area contributed by atoms with E-state index in [0.29, 0.717) is 5.92 Å². The summed E-state index contributed by atoms with van der Waals surface area (Å²) in [6, 6.07) is 6.42. The number of ether oxygens (including phenoxy) is 2. The van der Waals surface area contributed by atoms with Crippen LogP contribution in [0.1, 0.15) is 5.56 Å². The van der Waals surface area contributed by atoms with Crippen LogP contribution in [-0.4, -0.2) is 33.4 Å². The third kappa shape index (κ3) is 1.76. The molecule has 0 radical (unpaired) electrons. The summed E-state index contributed by atoms with van der Waals surface area (Å²) in [4.78, 5) is 2.29. The molecule has 0 bridgehead atoms. The van der Waals surface area contributed by atoms with Crippen LogP contribution in [0.4, 0.5) is 5.69 Å². The molecule has 2 heterocycles. The molecule has 3 heteroatoms. The van der Waals surface area contributed by atoms with Crippen molar-refractivity contribution in [3.8, 4) is 5.75 Å². The van der Waals surface area contributed by atoms with Crippen LogP contribution in [0, 0.1) is 5.92 Å². The van der Waals surface area contributed by atoms with E-state index in [1.54, 1.807) is 0 Å². The van der Waals surface area contributed by atoms with E-state index < -0.39 is 0 Å². The van der Waals surface area contributed by atoms with Gasteiger partial charge in [-0.1, -0.05) is 6.07 Å². The van der Waals surface area contributed by atoms with E-state index in [0.717, 1.165) is 38.5 Å². The highest BCUT2D eigenvalue weighted by Crippen LogP contribution is 2.30. The van der Waals surface area contributed by atoms with Crippen molar-refractivity contribution >= 4 is 5.69 Å². The van der Waals surface area contributed by atoms with Gasteiger partial charge in [-0.25, -0.2) is 0 Å². The quantitative estimate of drug-likeness (QED) is 0.772. The van der Waals surface area contributed by atoms with Crippen molar-refractivity contribution in [2.24, 2.45) is 5.92 Å². The van der Waals surface area contributed by atoms with Gasteiger partial charge in [-0.3, -0.25) is 0 Å². The fraction of sp³-hybridized carbons (Fsp3) is 0.538. The summed E-state index contributed by atoms with van der Waals surface area (Å²) < 4.78 is 10.9. The van der Waals surface area contributed by atoms with Gasteiger partial charge < -0.3 is 14.4 Å². The fourth-order valence-electron chi connectivity index (χ4n) is 2.20. The zero-order valence-electron chi connectivity index (χ0n) is 9.61. The Morgan fingerprint density at radius 1 is 1.44 bits per heavy atom. The molecule has 0 N–H and O–H groups in total. The largest absolute Gasteiger partial charge is 0.493 e. The maximum Gasteiger partial charge on any atom is 0.121 e. The minimum Gasteiger partial charge on any atom is -0.493 e. The third-order valence-corrected chi connectivity index (χ3v) is 3.38. The molecule has 0 unspecified atom stereocenters. The van der Waals surface area contributed by atoms with Crippen LogP contribution in [0.2, 0.25) is 0 Å². The minimum atomic E-state index is 0.589. The Morgan fingerprint density at radius 2 is 2.31 bits per heavy atom. The topological polar surface area (TPSA) is 21.7 Å². The smallest absolute Gasteiger partial charge is 0.121 e. The highest BCUT2D eigenvalue weighted by Gasteiger charge is 2.20. The van der Waals surface area contributed by atoms with Gasteiger partial charge in [0.15, 0.2) is 0 Å². The SMILES string of the molecule is CN1CCc2ccc(OCC3COC3)cc21. The molecule has 0 saturated carbocycles. The Balaban J connectivity index is 1.68. The molecule has 0 atom stereocenters. The maximum atomic E-state index is 5.78. The van der Waals surface area contributed by atoms with E-state index in [1.807, 2.05) is 0 Å². The van der Waals surface area contributed by atoms with Crippen molar-refractivity contribution < 1.29 is 9.47 Å². The van der Waals surface area contributed by atoms with Gasteiger partial charge in [-0.15, -0.1) is 0 Å². The summed E-state index contributed by atoms with van der Waals surface area (Å²) in [6.45, 7) is 3.60. The van der Waals surface area contributed by atoms with E-state index in [1.165, 1.54) is 11.3 Å². The first kappa shape index (κ1) is 9.97. The molecule has 16 heavy (non-hydrogen) atoms. The van der Waals surface area contributed by atoms with Crippen LogP contribution in [0.3, 0.4) is 0 Å². The highest BCUT2D eigenvalue weighted by molar-refractivity contribution is 5.60. The molecule has 0 spiro atoms.